The first-order valence-corrected chi connectivity index (χ1v) is 6.84. The number of halogens is 2. The smallest absolute Gasteiger partial charge is 0.165 e. The van der Waals surface area contributed by atoms with Crippen LogP contribution in [0.3, 0.4) is 0 Å². The first-order chi connectivity index (χ1) is 9.16. The molecule has 1 heterocycles. The van der Waals surface area contributed by atoms with Crippen LogP contribution in [0.1, 0.15) is 5.69 Å². The number of aromatic nitrogens is 2. The summed E-state index contributed by atoms with van der Waals surface area (Å²) in [7, 11) is 1.92. The van der Waals surface area contributed by atoms with Crippen molar-refractivity contribution in [2.45, 2.75) is 6.54 Å². The number of hydrogen-bond donors (Lipinski definition) is 0. The Kier molecular flexibility index (Phi) is 5.07. The minimum atomic E-state index is -0.350. The number of para-hydroxylation sites is 1. The Hall–Kier alpha value is -1.24. The predicted octanol–water partition coefficient (Wildman–Crippen LogP) is 2.84. The SMILES string of the molecule is CN(CCOc1ccccc1F)Cc1nnsc1Cl. The Morgan fingerprint density at radius 3 is 2.89 bits per heavy atom. The molecule has 0 saturated carbocycles. The Morgan fingerprint density at radius 2 is 2.21 bits per heavy atom. The second kappa shape index (κ2) is 6.79. The molecule has 0 aliphatic carbocycles. The highest BCUT2D eigenvalue weighted by atomic mass is 35.5. The van der Waals surface area contributed by atoms with Gasteiger partial charge in [-0.1, -0.05) is 28.2 Å². The van der Waals surface area contributed by atoms with E-state index in [2.05, 4.69) is 9.59 Å². The topological polar surface area (TPSA) is 38.2 Å². The first-order valence-electron chi connectivity index (χ1n) is 5.69. The van der Waals surface area contributed by atoms with E-state index in [0.29, 0.717) is 24.0 Å². The van der Waals surface area contributed by atoms with Gasteiger partial charge >= 0.3 is 0 Å². The maximum Gasteiger partial charge on any atom is 0.165 e. The van der Waals surface area contributed by atoms with Crippen molar-refractivity contribution in [3.63, 3.8) is 0 Å². The quantitative estimate of drug-likeness (QED) is 0.822. The van der Waals surface area contributed by atoms with Crippen molar-refractivity contribution in [3.05, 3.63) is 40.1 Å². The third-order valence-corrected chi connectivity index (χ3v) is 3.48. The number of nitrogens with zero attached hydrogens (tertiary/aromatic N) is 3. The lowest BCUT2D eigenvalue weighted by Gasteiger charge is -2.15. The van der Waals surface area contributed by atoms with Crippen molar-refractivity contribution in [3.8, 4) is 5.75 Å². The monoisotopic (exact) mass is 301 g/mol. The van der Waals surface area contributed by atoms with Crippen molar-refractivity contribution in [2.75, 3.05) is 20.2 Å². The molecular formula is C12H13ClFN3OS. The highest BCUT2D eigenvalue weighted by Crippen LogP contribution is 2.18. The van der Waals surface area contributed by atoms with E-state index in [1.165, 1.54) is 17.6 Å². The third-order valence-electron chi connectivity index (χ3n) is 2.50. The molecule has 0 atom stereocenters. The minimum absolute atomic E-state index is 0.268. The van der Waals surface area contributed by atoms with Gasteiger partial charge in [0.05, 0.1) is 0 Å². The van der Waals surface area contributed by atoms with Crippen molar-refractivity contribution < 1.29 is 9.13 Å². The minimum Gasteiger partial charge on any atom is -0.489 e. The van der Waals surface area contributed by atoms with Crippen molar-refractivity contribution >= 4 is 23.1 Å². The second-order valence-electron chi connectivity index (χ2n) is 4.01. The Labute approximate surface area is 119 Å². The van der Waals surface area contributed by atoms with Crippen LogP contribution >= 0.6 is 23.1 Å². The molecule has 0 bridgehead atoms. The lowest BCUT2D eigenvalue weighted by Crippen LogP contribution is -2.24. The number of ether oxygens (including phenoxy) is 1. The fourth-order valence-electron chi connectivity index (χ4n) is 1.50. The summed E-state index contributed by atoms with van der Waals surface area (Å²) in [6.07, 6.45) is 0. The molecule has 4 nitrogen and oxygen atoms in total. The molecule has 0 aliphatic heterocycles. The van der Waals surface area contributed by atoms with Gasteiger partial charge in [0.15, 0.2) is 11.6 Å². The molecule has 1 aromatic carbocycles. The molecule has 0 aliphatic rings. The third kappa shape index (κ3) is 4.12. The van der Waals surface area contributed by atoms with Gasteiger partial charge < -0.3 is 4.74 Å². The van der Waals surface area contributed by atoms with Gasteiger partial charge in [0.25, 0.3) is 0 Å². The molecule has 0 amide bonds. The first kappa shape index (κ1) is 14.2. The van der Waals surface area contributed by atoms with Crippen LogP contribution < -0.4 is 4.74 Å². The molecule has 102 valence electrons. The standard InChI is InChI=1S/C12H13ClFN3OS/c1-17(8-10-12(13)19-16-15-10)6-7-18-11-5-3-2-4-9(11)14/h2-5H,6-8H2,1H3. The number of rotatable bonds is 6. The van der Waals surface area contributed by atoms with E-state index in [9.17, 15) is 4.39 Å². The number of likely N-dealkylation sites (N-methyl/N-ethyl adjacent to an activating group) is 1. The molecule has 2 rings (SSSR count). The largest absolute Gasteiger partial charge is 0.489 e. The molecular weight excluding hydrogens is 289 g/mol. The molecule has 2 aromatic rings. The van der Waals surface area contributed by atoms with Crippen LogP contribution in [0.25, 0.3) is 0 Å². The van der Waals surface area contributed by atoms with E-state index in [1.807, 2.05) is 11.9 Å². The summed E-state index contributed by atoms with van der Waals surface area (Å²) >= 11 is 7.09. The summed E-state index contributed by atoms with van der Waals surface area (Å²) in [6.45, 7) is 1.63. The summed E-state index contributed by atoms with van der Waals surface area (Å²) in [5, 5.41) is 3.93. The maximum absolute atomic E-state index is 13.3. The van der Waals surface area contributed by atoms with Crippen LogP contribution in [0.2, 0.25) is 4.34 Å². The van der Waals surface area contributed by atoms with Gasteiger partial charge in [0.1, 0.15) is 16.6 Å². The Balaban J connectivity index is 1.77. The molecule has 1 aromatic heterocycles. The summed E-state index contributed by atoms with van der Waals surface area (Å²) < 4.78 is 23.0. The molecule has 0 radical (unpaired) electrons. The lowest BCUT2D eigenvalue weighted by atomic mass is 10.3. The zero-order chi connectivity index (χ0) is 13.7. The summed E-state index contributed by atoms with van der Waals surface area (Å²) in [5.41, 5.74) is 0.750. The van der Waals surface area contributed by atoms with E-state index in [4.69, 9.17) is 16.3 Å². The molecule has 0 saturated heterocycles. The van der Waals surface area contributed by atoms with Crippen LogP contribution in [-0.2, 0) is 6.54 Å². The van der Waals surface area contributed by atoms with Crippen LogP contribution in [0.4, 0.5) is 4.39 Å². The highest BCUT2D eigenvalue weighted by molar-refractivity contribution is 7.10. The Morgan fingerprint density at radius 1 is 1.42 bits per heavy atom. The molecule has 0 spiro atoms. The normalized spacial score (nSPS) is 10.9. The molecule has 7 heteroatoms. The van der Waals surface area contributed by atoms with Crippen LogP contribution in [0, 0.1) is 5.82 Å². The highest BCUT2D eigenvalue weighted by Gasteiger charge is 2.09. The van der Waals surface area contributed by atoms with Gasteiger partial charge in [0, 0.05) is 24.6 Å². The van der Waals surface area contributed by atoms with E-state index in [1.54, 1.807) is 18.2 Å². The van der Waals surface area contributed by atoms with Gasteiger partial charge in [-0.15, -0.1) is 5.10 Å². The van der Waals surface area contributed by atoms with Gasteiger partial charge in [-0.2, -0.15) is 0 Å². The molecule has 0 N–H and O–H groups in total. The summed E-state index contributed by atoms with van der Waals surface area (Å²) in [6, 6.07) is 6.35. The van der Waals surface area contributed by atoms with E-state index in [0.717, 1.165) is 5.69 Å². The maximum atomic E-state index is 13.3. The van der Waals surface area contributed by atoms with Gasteiger partial charge in [-0.3, -0.25) is 4.90 Å². The van der Waals surface area contributed by atoms with Gasteiger partial charge in [0.2, 0.25) is 0 Å². The average molecular weight is 302 g/mol. The van der Waals surface area contributed by atoms with Crippen LogP contribution in [0.5, 0.6) is 5.75 Å². The average Bonchev–Trinajstić information content (AvgIpc) is 2.77. The zero-order valence-corrected chi connectivity index (χ0v) is 11.9. The van der Waals surface area contributed by atoms with Crippen molar-refractivity contribution in [1.29, 1.82) is 0 Å². The number of benzene rings is 1. The zero-order valence-electron chi connectivity index (χ0n) is 10.3. The molecule has 0 unspecified atom stereocenters. The lowest BCUT2D eigenvalue weighted by molar-refractivity contribution is 0.225. The second-order valence-corrected chi connectivity index (χ2v) is 5.37. The number of hydrogen-bond acceptors (Lipinski definition) is 5. The van der Waals surface area contributed by atoms with Crippen LogP contribution in [0.15, 0.2) is 24.3 Å². The summed E-state index contributed by atoms with van der Waals surface area (Å²) in [4.78, 5) is 1.99. The van der Waals surface area contributed by atoms with Crippen molar-refractivity contribution in [1.82, 2.24) is 14.5 Å². The Bertz CT molecular complexity index is 537. The van der Waals surface area contributed by atoms with E-state index < -0.39 is 0 Å². The van der Waals surface area contributed by atoms with Gasteiger partial charge in [-0.05, 0) is 19.2 Å². The predicted molar refractivity (Wildman–Crippen MR) is 73.1 cm³/mol. The van der Waals surface area contributed by atoms with Gasteiger partial charge in [-0.25, -0.2) is 4.39 Å². The molecule has 19 heavy (non-hydrogen) atoms. The fraction of sp³-hybridized carbons (Fsp3) is 0.333. The van der Waals surface area contributed by atoms with Crippen LogP contribution in [-0.4, -0.2) is 34.7 Å². The van der Waals surface area contributed by atoms with Crippen molar-refractivity contribution in [2.24, 2.45) is 0 Å². The summed E-state index contributed by atoms with van der Waals surface area (Å²) in [5.74, 6) is -0.0823. The van der Waals surface area contributed by atoms with E-state index >= 15 is 0 Å². The molecule has 0 fully saturated rings. The van der Waals surface area contributed by atoms with E-state index in [-0.39, 0.29) is 11.6 Å². The fourth-order valence-corrected chi connectivity index (χ4v) is 2.11.